The Morgan fingerprint density at radius 3 is 2.25 bits per heavy atom. The van der Waals surface area contributed by atoms with E-state index in [9.17, 15) is 9.59 Å². The van der Waals surface area contributed by atoms with Gasteiger partial charge in [0, 0.05) is 60.1 Å². The van der Waals surface area contributed by atoms with Gasteiger partial charge in [0.25, 0.3) is 11.8 Å². The molecule has 1 aliphatic rings. The first kappa shape index (κ1) is 20.3. The monoisotopic (exact) mass is 444 g/mol. The molecule has 32 heavy (non-hydrogen) atoms. The van der Waals surface area contributed by atoms with E-state index >= 15 is 0 Å². The Balaban J connectivity index is 1.23. The van der Waals surface area contributed by atoms with Crippen LogP contribution in [0.15, 0.2) is 73.1 Å². The molecule has 3 heterocycles. The number of H-pyrrole nitrogens is 1. The van der Waals surface area contributed by atoms with Crippen molar-refractivity contribution in [2.45, 2.75) is 0 Å². The fraction of sp³-hybridized carbons (Fsp3) is 0.160. The summed E-state index contributed by atoms with van der Waals surface area (Å²) in [7, 11) is 0. The van der Waals surface area contributed by atoms with E-state index in [1.165, 1.54) is 0 Å². The SMILES string of the molecule is O=C(c1ccc(-c2cccnc2)cc1)N1CCN(C(=O)c2cc3cc(Cl)ccc3[nH]2)CC1. The van der Waals surface area contributed by atoms with Gasteiger partial charge >= 0.3 is 0 Å². The molecule has 1 N–H and O–H groups in total. The van der Waals surface area contributed by atoms with Crippen LogP contribution in [0.5, 0.6) is 0 Å². The Bertz CT molecular complexity index is 1280. The molecule has 0 saturated carbocycles. The molecule has 1 saturated heterocycles. The van der Waals surface area contributed by atoms with Crippen molar-refractivity contribution in [3.8, 4) is 11.1 Å². The lowest BCUT2D eigenvalue weighted by Gasteiger charge is -2.34. The number of rotatable bonds is 3. The third-order valence-corrected chi connectivity index (χ3v) is 6.03. The summed E-state index contributed by atoms with van der Waals surface area (Å²) >= 11 is 6.04. The van der Waals surface area contributed by atoms with E-state index in [2.05, 4.69) is 9.97 Å². The lowest BCUT2D eigenvalue weighted by Crippen LogP contribution is -2.50. The van der Waals surface area contributed by atoms with Crippen molar-refractivity contribution in [1.29, 1.82) is 0 Å². The van der Waals surface area contributed by atoms with Gasteiger partial charge in [0.15, 0.2) is 0 Å². The summed E-state index contributed by atoms with van der Waals surface area (Å²) in [6.45, 7) is 1.99. The lowest BCUT2D eigenvalue weighted by atomic mass is 10.0. The Morgan fingerprint density at radius 1 is 0.844 bits per heavy atom. The minimum atomic E-state index is -0.0646. The van der Waals surface area contributed by atoms with Crippen LogP contribution in [0.25, 0.3) is 22.0 Å². The van der Waals surface area contributed by atoms with Gasteiger partial charge in [-0.15, -0.1) is 0 Å². The summed E-state index contributed by atoms with van der Waals surface area (Å²) in [5.41, 5.74) is 4.09. The summed E-state index contributed by atoms with van der Waals surface area (Å²) in [5.74, 6) is -0.0830. The number of hydrogen-bond donors (Lipinski definition) is 1. The molecule has 4 aromatic rings. The van der Waals surface area contributed by atoms with Gasteiger partial charge in [-0.25, -0.2) is 0 Å². The number of piperazine rings is 1. The normalized spacial score (nSPS) is 14.0. The Hall–Kier alpha value is -3.64. The fourth-order valence-corrected chi connectivity index (χ4v) is 4.20. The Kier molecular flexibility index (Phi) is 5.37. The van der Waals surface area contributed by atoms with E-state index in [1.807, 2.05) is 54.6 Å². The van der Waals surface area contributed by atoms with Crippen LogP contribution in [0, 0.1) is 0 Å². The molecule has 0 bridgehead atoms. The molecule has 0 unspecified atom stereocenters. The van der Waals surface area contributed by atoms with Crippen LogP contribution in [0.3, 0.4) is 0 Å². The smallest absolute Gasteiger partial charge is 0.270 e. The summed E-state index contributed by atoms with van der Waals surface area (Å²) in [6, 6.07) is 18.8. The first-order valence-electron chi connectivity index (χ1n) is 10.5. The van der Waals surface area contributed by atoms with Crippen LogP contribution in [0.1, 0.15) is 20.8 Å². The van der Waals surface area contributed by atoms with Gasteiger partial charge in [0.2, 0.25) is 0 Å². The molecule has 1 fully saturated rings. The minimum Gasteiger partial charge on any atom is -0.351 e. The predicted molar refractivity (Wildman–Crippen MR) is 125 cm³/mol. The van der Waals surface area contributed by atoms with Gasteiger partial charge in [-0.05, 0) is 53.6 Å². The maximum Gasteiger partial charge on any atom is 0.270 e. The maximum absolute atomic E-state index is 12.9. The third kappa shape index (κ3) is 3.97. The van der Waals surface area contributed by atoms with Crippen molar-refractivity contribution in [3.05, 3.63) is 89.3 Å². The number of aromatic nitrogens is 2. The average molecular weight is 445 g/mol. The number of benzene rings is 2. The molecule has 1 aliphatic heterocycles. The number of aromatic amines is 1. The van der Waals surface area contributed by atoms with Gasteiger partial charge in [-0.3, -0.25) is 14.6 Å². The van der Waals surface area contributed by atoms with E-state index in [0.29, 0.717) is 42.5 Å². The van der Waals surface area contributed by atoms with Crippen molar-refractivity contribution in [1.82, 2.24) is 19.8 Å². The molecule has 0 atom stereocenters. The van der Waals surface area contributed by atoms with E-state index in [1.54, 1.807) is 28.3 Å². The van der Waals surface area contributed by atoms with Crippen molar-refractivity contribution in [2.24, 2.45) is 0 Å². The molecule has 0 radical (unpaired) electrons. The Labute approximate surface area is 190 Å². The van der Waals surface area contributed by atoms with Crippen LogP contribution < -0.4 is 0 Å². The zero-order chi connectivity index (χ0) is 22.1. The zero-order valence-corrected chi connectivity index (χ0v) is 18.0. The Morgan fingerprint density at radius 2 is 1.56 bits per heavy atom. The van der Waals surface area contributed by atoms with Crippen molar-refractivity contribution < 1.29 is 9.59 Å². The highest BCUT2D eigenvalue weighted by Crippen LogP contribution is 2.22. The van der Waals surface area contributed by atoms with Crippen molar-refractivity contribution in [2.75, 3.05) is 26.2 Å². The van der Waals surface area contributed by atoms with Gasteiger partial charge in [0.05, 0.1) is 0 Å². The van der Waals surface area contributed by atoms with Gasteiger partial charge in [-0.1, -0.05) is 29.8 Å². The highest BCUT2D eigenvalue weighted by Gasteiger charge is 2.26. The van der Waals surface area contributed by atoms with Crippen LogP contribution in [-0.4, -0.2) is 57.8 Å². The van der Waals surface area contributed by atoms with Crippen LogP contribution in [0.2, 0.25) is 5.02 Å². The molecule has 2 aromatic heterocycles. The number of fused-ring (bicyclic) bond motifs is 1. The number of nitrogens with one attached hydrogen (secondary N) is 1. The lowest BCUT2D eigenvalue weighted by molar-refractivity contribution is 0.0533. The van der Waals surface area contributed by atoms with E-state index in [0.717, 1.165) is 22.0 Å². The molecule has 5 rings (SSSR count). The fourth-order valence-electron chi connectivity index (χ4n) is 4.02. The second kappa shape index (κ2) is 8.48. The first-order chi connectivity index (χ1) is 15.6. The van der Waals surface area contributed by atoms with Crippen LogP contribution >= 0.6 is 11.6 Å². The number of nitrogens with zero attached hydrogens (tertiary/aromatic N) is 3. The molecule has 160 valence electrons. The largest absolute Gasteiger partial charge is 0.351 e. The molecule has 0 spiro atoms. The highest BCUT2D eigenvalue weighted by atomic mass is 35.5. The molecule has 2 aromatic carbocycles. The number of pyridine rings is 1. The quantitative estimate of drug-likeness (QED) is 0.506. The summed E-state index contributed by atoms with van der Waals surface area (Å²) in [5, 5.41) is 1.54. The predicted octanol–water partition coefficient (Wildman–Crippen LogP) is 4.48. The zero-order valence-electron chi connectivity index (χ0n) is 17.3. The molecular formula is C25H21ClN4O2. The summed E-state index contributed by atoms with van der Waals surface area (Å²) < 4.78 is 0. The van der Waals surface area contributed by atoms with Crippen molar-refractivity contribution in [3.63, 3.8) is 0 Å². The number of halogens is 1. The maximum atomic E-state index is 12.9. The number of amides is 2. The van der Waals surface area contributed by atoms with Crippen LogP contribution in [0.4, 0.5) is 0 Å². The van der Waals surface area contributed by atoms with Crippen molar-refractivity contribution >= 4 is 34.3 Å². The topological polar surface area (TPSA) is 69.3 Å². The second-order valence-electron chi connectivity index (χ2n) is 7.82. The molecule has 6 nitrogen and oxygen atoms in total. The molecule has 2 amide bonds. The second-order valence-corrected chi connectivity index (χ2v) is 8.25. The third-order valence-electron chi connectivity index (χ3n) is 5.79. The minimum absolute atomic E-state index is 0.0184. The molecular weight excluding hydrogens is 424 g/mol. The molecule has 7 heteroatoms. The van der Waals surface area contributed by atoms with Gasteiger partial charge < -0.3 is 14.8 Å². The first-order valence-corrected chi connectivity index (χ1v) is 10.8. The van der Waals surface area contributed by atoms with Gasteiger partial charge in [-0.2, -0.15) is 0 Å². The number of carbonyl (C=O) groups excluding carboxylic acids is 2. The number of carbonyl (C=O) groups is 2. The number of hydrogen-bond acceptors (Lipinski definition) is 3. The summed E-state index contributed by atoms with van der Waals surface area (Å²) in [4.78, 5) is 36.7. The van der Waals surface area contributed by atoms with Crippen LogP contribution in [-0.2, 0) is 0 Å². The standard InChI is InChI=1S/C25H21ClN4O2/c26-21-7-8-22-20(14-21)15-23(28-22)25(32)30-12-10-29(11-13-30)24(31)18-5-3-17(4-6-18)19-2-1-9-27-16-19/h1-9,14-16,28H,10-13H2. The summed E-state index contributed by atoms with van der Waals surface area (Å²) in [6.07, 6.45) is 3.54. The van der Waals surface area contributed by atoms with Gasteiger partial charge in [0.1, 0.15) is 5.69 Å². The average Bonchev–Trinajstić information content (AvgIpc) is 3.27. The molecule has 0 aliphatic carbocycles. The van der Waals surface area contributed by atoms with E-state index < -0.39 is 0 Å². The van der Waals surface area contributed by atoms with E-state index in [4.69, 9.17) is 11.6 Å². The highest BCUT2D eigenvalue weighted by molar-refractivity contribution is 6.31. The van der Waals surface area contributed by atoms with E-state index in [-0.39, 0.29) is 11.8 Å².